The highest BCUT2D eigenvalue weighted by Gasteiger charge is 2.54. The zero-order chi connectivity index (χ0) is 14.6. The second kappa shape index (κ2) is 4.59. The minimum atomic E-state index is -0.0361. The standard InChI is InChI=1S/C19H24O2/c1-19-11-10-15-14-7-5-13(20)4-2-12(14)3-6-16(15)17(19)8-9-18(19)21/h2,5,7,15-17,20H,3-4,6,8-11H2,1H3. The zero-order valence-electron chi connectivity index (χ0n) is 12.8. The van der Waals surface area contributed by atoms with Gasteiger partial charge in [0.25, 0.3) is 0 Å². The summed E-state index contributed by atoms with van der Waals surface area (Å²) in [5, 5.41) is 9.79. The molecule has 0 radical (unpaired) electrons. The maximum Gasteiger partial charge on any atom is 0.139 e. The van der Waals surface area contributed by atoms with Crippen molar-refractivity contribution in [3.8, 4) is 0 Å². The Kier molecular flexibility index (Phi) is 2.92. The van der Waals surface area contributed by atoms with E-state index in [1.807, 2.05) is 6.08 Å². The normalized spacial score (nSPS) is 42.0. The number of fused-ring (bicyclic) bond motifs is 5. The van der Waals surface area contributed by atoms with Crippen molar-refractivity contribution in [3.05, 3.63) is 35.1 Å². The fourth-order valence-corrected chi connectivity index (χ4v) is 5.48. The molecule has 3 saturated carbocycles. The molecule has 0 aromatic rings. The first-order chi connectivity index (χ1) is 10.1. The summed E-state index contributed by atoms with van der Waals surface area (Å²) in [6.07, 6.45) is 13.4. The molecule has 0 spiro atoms. The maximum absolute atomic E-state index is 12.3. The molecule has 1 N–H and O–H groups in total. The minimum Gasteiger partial charge on any atom is -0.512 e. The smallest absolute Gasteiger partial charge is 0.139 e. The van der Waals surface area contributed by atoms with E-state index in [1.165, 1.54) is 17.6 Å². The van der Waals surface area contributed by atoms with Crippen molar-refractivity contribution < 1.29 is 9.90 Å². The molecule has 0 aliphatic heterocycles. The van der Waals surface area contributed by atoms with E-state index in [2.05, 4.69) is 19.1 Å². The Bertz CT molecular complexity index is 580. The Hall–Kier alpha value is -1.31. The molecule has 2 nitrogen and oxygen atoms in total. The minimum absolute atomic E-state index is 0.0361. The number of Topliss-reactive ketones (excluding diaryl/α,β-unsaturated/α-hetero) is 1. The Morgan fingerprint density at radius 3 is 2.90 bits per heavy atom. The average Bonchev–Trinajstić information content (AvgIpc) is 2.66. The first kappa shape index (κ1) is 13.4. The van der Waals surface area contributed by atoms with Crippen LogP contribution in [-0.4, -0.2) is 10.9 Å². The average molecular weight is 284 g/mol. The first-order valence-electron chi connectivity index (χ1n) is 8.42. The molecule has 0 amide bonds. The van der Waals surface area contributed by atoms with Gasteiger partial charge in [-0.3, -0.25) is 4.79 Å². The molecule has 3 fully saturated rings. The molecule has 0 aromatic carbocycles. The van der Waals surface area contributed by atoms with Crippen LogP contribution < -0.4 is 0 Å². The van der Waals surface area contributed by atoms with Crippen LogP contribution in [-0.2, 0) is 4.79 Å². The van der Waals surface area contributed by atoms with E-state index in [0.29, 0.717) is 35.7 Å². The largest absolute Gasteiger partial charge is 0.512 e. The summed E-state index contributed by atoms with van der Waals surface area (Å²) in [6, 6.07) is 0. The second-order valence-electron chi connectivity index (χ2n) is 7.55. The van der Waals surface area contributed by atoms with Gasteiger partial charge in [0.15, 0.2) is 0 Å². The zero-order valence-corrected chi connectivity index (χ0v) is 12.8. The quantitative estimate of drug-likeness (QED) is 0.711. The number of ketones is 1. The van der Waals surface area contributed by atoms with E-state index >= 15 is 0 Å². The molecule has 0 heterocycles. The molecule has 4 unspecified atom stereocenters. The van der Waals surface area contributed by atoms with Gasteiger partial charge in [0.05, 0.1) is 5.76 Å². The maximum atomic E-state index is 12.3. The van der Waals surface area contributed by atoms with Crippen LogP contribution >= 0.6 is 0 Å². The van der Waals surface area contributed by atoms with Gasteiger partial charge in [0.1, 0.15) is 5.78 Å². The highest BCUT2D eigenvalue weighted by Crippen LogP contribution is 2.59. The Labute approximate surface area is 126 Å². The molecule has 0 aromatic heterocycles. The van der Waals surface area contributed by atoms with Gasteiger partial charge in [-0.05, 0) is 67.1 Å². The lowest BCUT2D eigenvalue weighted by molar-refractivity contribution is -0.129. The molecule has 112 valence electrons. The lowest BCUT2D eigenvalue weighted by Crippen LogP contribution is -2.43. The van der Waals surface area contributed by atoms with Crippen LogP contribution in [0.3, 0.4) is 0 Å². The number of hydrogen-bond donors (Lipinski definition) is 1. The third kappa shape index (κ3) is 1.88. The topological polar surface area (TPSA) is 37.3 Å². The number of hydrogen-bond acceptors (Lipinski definition) is 2. The van der Waals surface area contributed by atoms with E-state index in [-0.39, 0.29) is 5.41 Å². The van der Waals surface area contributed by atoms with Gasteiger partial charge in [-0.25, -0.2) is 0 Å². The molecule has 4 atom stereocenters. The third-order valence-electron chi connectivity index (χ3n) is 6.68. The second-order valence-corrected chi connectivity index (χ2v) is 7.55. The third-order valence-corrected chi connectivity index (χ3v) is 6.68. The summed E-state index contributed by atoms with van der Waals surface area (Å²) >= 11 is 0. The molecule has 21 heavy (non-hydrogen) atoms. The summed E-state index contributed by atoms with van der Waals surface area (Å²) in [6.45, 7) is 2.22. The molecule has 0 saturated heterocycles. The van der Waals surface area contributed by atoms with E-state index in [9.17, 15) is 9.90 Å². The van der Waals surface area contributed by atoms with Gasteiger partial charge in [-0.1, -0.05) is 19.1 Å². The van der Waals surface area contributed by atoms with Gasteiger partial charge in [0.2, 0.25) is 0 Å². The van der Waals surface area contributed by atoms with Gasteiger partial charge < -0.3 is 5.11 Å². The SMILES string of the molecule is CC12CCC3C4=CC=C(O)CC=C4CCC3C1CCC2=O. The summed E-state index contributed by atoms with van der Waals surface area (Å²) in [5.41, 5.74) is 2.87. The van der Waals surface area contributed by atoms with Crippen LogP contribution in [0, 0.1) is 23.2 Å². The predicted octanol–water partition coefficient (Wildman–Crippen LogP) is 4.49. The van der Waals surface area contributed by atoms with Gasteiger partial charge in [-0.15, -0.1) is 0 Å². The Morgan fingerprint density at radius 1 is 1.19 bits per heavy atom. The number of carbonyl (C=O) groups excluding carboxylic acids is 1. The van der Waals surface area contributed by atoms with Crippen molar-refractivity contribution in [2.45, 2.75) is 51.9 Å². The number of aliphatic hydroxyl groups excluding tert-OH is 1. The lowest BCUT2D eigenvalue weighted by atomic mass is 9.55. The van der Waals surface area contributed by atoms with Crippen LogP contribution in [0.5, 0.6) is 0 Å². The van der Waals surface area contributed by atoms with E-state index in [4.69, 9.17) is 0 Å². The highest BCUT2D eigenvalue weighted by molar-refractivity contribution is 5.87. The number of rotatable bonds is 0. The van der Waals surface area contributed by atoms with Crippen LogP contribution in [0.25, 0.3) is 0 Å². The van der Waals surface area contributed by atoms with Crippen LogP contribution in [0.15, 0.2) is 35.1 Å². The van der Waals surface area contributed by atoms with Crippen molar-refractivity contribution in [1.82, 2.24) is 0 Å². The van der Waals surface area contributed by atoms with Crippen molar-refractivity contribution >= 4 is 5.78 Å². The van der Waals surface area contributed by atoms with E-state index in [0.717, 1.165) is 32.1 Å². The van der Waals surface area contributed by atoms with Crippen LogP contribution in [0.1, 0.15) is 51.9 Å². The predicted molar refractivity (Wildman–Crippen MR) is 82.8 cm³/mol. The number of allylic oxidation sites excluding steroid dienone is 5. The van der Waals surface area contributed by atoms with Crippen molar-refractivity contribution in [3.63, 3.8) is 0 Å². The van der Waals surface area contributed by atoms with Crippen molar-refractivity contribution in [2.75, 3.05) is 0 Å². The molecule has 4 aliphatic rings. The monoisotopic (exact) mass is 284 g/mol. The molecular weight excluding hydrogens is 260 g/mol. The summed E-state index contributed by atoms with van der Waals surface area (Å²) in [7, 11) is 0. The van der Waals surface area contributed by atoms with E-state index < -0.39 is 0 Å². The molecule has 2 heteroatoms. The number of carbonyl (C=O) groups is 1. The van der Waals surface area contributed by atoms with E-state index in [1.54, 1.807) is 0 Å². The van der Waals surface area contributed by atoms with Crippen LogP contribution in [0.4, 0.5) is 0 Å². The Morgan fingerprint density at radius 2 is 2.05 bits per heavy atom. The van der Waals surface area contributed by atoms with Gasteiger partial charge in [0, 0.05) is 18.3 Å². The summed E-state index contributed by atoms with van der Waals surface area (Å²) in [4.78, 5) is 12.3. The fourth-order valence-electron chi connectivity index (χ4n) is 5.48. The molecule has 4 aliphatic carbocycles. The van der Waals surface area contributed by atoms with Crippen molar-refractivity contribution in [2.24, 2.45) is 23.2 Å². The fraction of sp³-hybridized carbons (Fsp3) is 0.632. The molecular formula is C19H24O2. The van der Waals surface area contributed by atoms with Gasteiger partial charge in [-0.2, -0.15) is 0 Å². The van der Waals surface area contributed by atoms with Crippen LogP contribution in [0.2, 0.25) is 0 Å². The highest BCUT2D eigenvalue weighted by atomic mass is 16.3. The first-order valence-corrected chi connectivity index (χ1v) is 8.42. The molecule has 4 rings (SSSR count). The van der Waals surface area contributed by atoms with Crippen molar-refractivity contribution in [1.29, 1.82) is 0 Å². The summed E-state index contributed by atoms with van der Waals surface area (Å²) < 4.78 is 0. The summed E-state index contributed by atoms with van der Waals surface area (Å²) in [5.74, 6) is 2.85. The molecule has 0 bridgehead atoms. The Balaban J connectivity index is 1.70. The lowest BCUT2D eigenvalue weighted by Gasteiger charge is -2.49. The van der Waals surface area contributed by atoms with Gasteiger partial charge >= 0.3 is 0 Å². The number of aliphatic hydroxyl groups is 1.